The molecule has 0 aliphatic rings. The quantitative estimate of drug-likeness (QED) is 0.482. The largest absolute Gasteiger partial charge is 0.346 e. The highest BCUT2D eigenvalue weighted by Crippen LogP contribution is 2.50. The van der Waals surface area contributed by atoms with Crippen LogP contribution in [0.15, 0.2) is 24.3 Å². The third-order valence-corrected chi connectivity index (χ3v) is 5.88. The van der Waals surface area contributed by atoms with Crippen molar-refractivity contribution < 1.29 is 23.8 Å². The molecule has 0 aromatic heterocycles. The van der Waals surface area contributed by atoms with Gasteiger partial charge in [-0.15, -0.1) is 0 Å². The van der Waals surface area contributed by atoms with Crippen LogP contribution >= 0.6 is 15.4 Å². The van der Waals surface area contributed by atoms with Crippen molar-refractivity contribution in [3.63, 3.8) is 0 Å². The van der Waals surface area contributed by atoms with Gasteiger partial charge in [-0.3, -0.25) is 19.2 Å². The summed E-state index contributed by atoms with van der Waals surface area (Å²) in [5.74, 6) is -0.630. The molecule has 2 atom stereocenters. The molecule has 2 unspecified atom stereocenters. The zero-order valence-electron chi connectivity index (χ0n) is 8.65. The van der Waals surface area contributed by atoms with Gasteiger partial charge in [-0.2, -0.15) is 0 Å². The first-order valence-electron chi connectivity index (χ1n) is 4.56. The second kappa shape index (κ2) is 5.56. The number of rotatable bonds is 5. The van der Waals surface area contributed by atoms with E-state index in [1.165, 1.54) is 24.3 Å². The highest BCUT2D eigenvalue weighted by Gasteiger charge is 2.21. The van der Waals surface area contributed by atoms with Crippen LogP contribution in [0.1, 0.15) is 5.56 Å². The molecule has 94 valence electrons. The zero-order valence-corrected chi connectivity index (χ0v) is 10.5. The second-order valence-corrected chi connectivity index (χ2v) is 7.54. The van der Waals surface area contributed by atoms with Crippen molar-refractivity contribution in [3.05, 3.63) is 39.9 Å². The first kappa shape index (κ1) is 14.1. The average molecular weight is 279 g/mol. The molecule has 9 heteroatoms. The van der Waals surface area contributed by atoms with E-state index in [0.29, 0.717) is 5.56 Å². The minimum absolute atomic E-state index is 0.114. The lowest BCUT2D eigenvalue weighted by atomic mass is 10.2. The summed E-state index contributed by atoms with van der Waals surface area (Å²) >= 11 is 0. The van der Waals surface area contributed by atoms with Crippen LogP contribution in [0.5, 0.6) is 0 Å². The highest BCUT2D eigenvalue weighted by atomic mass is 31.2. The van der Waals surface area contributed by atoms with Crippen LogP contribution in [-0.2, 0) is 15.3 Å². The van der Waals surface area contributed by atoms with E-state index in [0.717, 1.165) is 0 Å². The van der Waals surface area contributed by atoms with Gasteiger partial charge in [0.25, 0.3) is 5.69 Å². The SMILES string of the molecule is O=[N+]([O-])c1ccc(CP(=O)(O)C[PH](=O)O)cc1. The maximum Gasteiger partial charge on any atom is 0.269 e. The number of nitro groups is 1. The highest BCUT2D eigenvalue weighted by molar-refractivity contribution is 7.67. The molecule has 0 amide bonds. The molecule has 0 heterocycles. The van der Waals surface area contributed by atoms with Crippen molar-refractivity contribution >= 4 is 21.1 Å². The summed E-state index contributed by atoms with van der Waals surface area (Å²) in [6.07, 6.45) is -0.262. The second-order valence-electron chi connectivity index (χ2n) is 3.48. The lowest BCUT2D eigenvalue weighted by Gasteiger charge is -2.09. The molecule has 1 rings (SSSR count). The van der Waals surface area contributed by atoms with Crippen LogP contribution in [0.25, 0.3) is 0 Å². The Hall–Kier alpha value is -1.00. The van der Waals surface area contributed by atoms with E-state index in [-0.39, 0.29) is 11.8 Å². The van der Waals surface area contributed by atoms with E-state index in [9.17, 15) is 24.1 Å². The molecule has 0 radical (unpaired) electrons. The molecule has 0 spiro atoms. The molecule has 0 saturated heterocycles. The van der Waals surface area contributed by atoms with E-state index in [1.54, 1.807) is 0 Å². The summed E-state index contributed by atoms with van der Waals surface area (Å²) < 4.78 is 22.0. The molecule has 0 aliphatic heterocycles. The van der Waals surface area contributed by atoms with Crippen molar-refractivity contribution in [1.29, 1.82) is 0 Å². The predicted octanol–water partition coefficient (Wildman–Crippen LogP) is 1.79. The first-order valence-corrected chi connectivity index (χ1v) is 8.15. The number of hydrogen-bond donors (Lipinski definition) is 2. The molecular formula is C8H11NO6P2. The van der Waals surface area contributed by atoms with Crippen LogP contribution in [-0.4, -0.2) is 20.6 Å². The normalized spacial score (nSPS) is 16.1. The molecule has 0 bridgehead atoms. The Labute approximate surface area is 97.6 Å². The Morgan fingerprint density at radius 3 is 2.29 bits per heavy atom. The molecule has 7 nitrogen and oxygen atoms in total. The Kier molecular flexibility index (Phi) is 4.60. The van der Waals surface area contributed by atoms with Crippen LogP contribution in [0.4, 0.5) is 5.69 Å². The lowest BCUT2D eigenvalue weighted by molar-refractivity contribution is -0.384. The fraction of sp³-hybridized carbons (Fsp3) is 0.250. The van der Waals surface area contributed by atoms with Crippen molar-refractivity contribution in [2.45, 2.75) is 6.16 Å². The van der Waals surface area contributed by atoms with E-state index in [2.05, 4.69) is 0 Å². The van der Waals surface area contributed by atoms with Crippen molar-refractivity contribution in [3.8, 4) is 0 Å². The van der Waals surface area contributed by atoms with Gasteiger partial charge in [-0.25, -0.2) is 0 Å². The first-order chi connectivity index (χ1) is 7.80. The smallest absolute Gasteiger partial charge is 0.269 e. The fourth-order valence-electron chi connectivity index (χ4n) is 1.28. The van der Waals surface area contributed by atoms with Crippen LogP contribution < -0.4 is 0 Å². The van der Waals surface area contributed by atoms with Gasteiger partial charge in [0.05, 0.1) is 17.0 Å². The Morgan fingerprint density at radius 1 is 1.35 bits per heavy atom. The summed E-state index contributed by atoms with van der Waals surface area (Å²) in [6.45, 7) is 0. The molecule has 17 heavy (non-hydrogen) atoms. The molecule has 1 aromatic rings. The van der Waals surface area contributed by atoms with Gasteiger partial charge in [-0.05, 0) is 5.56 Å². The van der Waals surface area contributed by atoms with Gasteiger partial charge in [0.1, 0.15) is 0 Å². The fourth-order valence-corrected chi connectivity index (χ4v) is 4.20. The van der Waals surface area contributed by atoms with Crippen LogP contribution in [0.2, 0.25) is 0 Å². The van der Waals surface area contributed by atoms with Crippen molar-refractivity contribution in [1.82, 2.24) is 0 Å². The minimum atomic E-state index is -3.70. The third kappa shape index (κ3) is 4.79. The van der Waals surface area contributed by atoms with Gasteiger partial charge in [0, 0.05) is 12.1 Å². The van der Waals surface area contributed by atoms with E-state index in [1.807, 2.05) is 0 Å². The zero-order chi connectivity index (χ0) is 13.1. The van der Waals surface area contributed by atoms with Crippen LogP contribution in [0.3, 0.4) is 0 Å². The molecule has 0 fully saturated rings. The monoisotopic (exact) mass is 279 g/mol. The Morgan fingerprint density at radius 2 is 1.88 bits per heavy atom. The standard InChI is InChI=1S/C8H11NO6P2/c10-9(11)8-3-1-7(2-4-8)5-17(14,15)6-16(12)13/h1-4,16H,5-6H2,(H,12,13)(H,14,15). The molecule has 0 saturated carbocycles. The molecule has 1 aromatic carbocycles. The summed E-state index contributed by atoms with van der Waals surface area (Å²) in [4.78, 5) is 27.8. The number of benzene rings is 1. The maximum absolute atomic E-state index is 11.5. The topological polar surface area (TPSA) is 118 Å². The number of non-ortho nitro benzene ring substituents is 1. The minimum Gasteiger partial charge on any atom is -0.346 e. The molecule has 2 N–H and O–H groups in total. The van der Waals surface area contributed by atoms with Gasteiger partial charge < -0.3 is 9.79 Å². The molecule has 0 aliphatic carbocycles. The number of nitrogens with zero attached hydrogens (tertiary/aromatic N) is 1. The summed E-state index contributed by atoms with van der Waals surface area (Å²) in [5, 5.41) is 10.4. The van der Waals surface area contributed by atoms with E-state index in [4.69, 9.17) is 4.89 Å². The van der Waals surface area contributed by atoms with Crippen LogP contribution in [0, 0.1) is 10.1 Å². The molecular weight excluding hydrogens is 268 g/mol. The average Bonchev–Trinajstić information content (AvgIpc) is 2.15. The Bertz CT molecular complexity index is 485. The van der Waals surface area contributed by atoms with Gasteiger partial charge >= 0.3 is 0 Å². The Balaban J connectivity index is 2.79. The summed E-state index contributed by atoms with van der Waals surface area (Å²) in [6, 6.07) is 5.15. The number of hydrogen-bond acceptors (Lipinski definition) is 4. The third-order valence-electron chi connectivity index (χ3n) is 1.96. The van der Waals surface area contributed by atoms with Crippen molar-refractivity contribution in [2.24, 2.45) is 0 Å². The summed E-state index contributed by atoms with van der Waals surface area (Å²) in [5.41, 5.74) is 0.307. The number of nitro benzene ring substituents is 1. The maximum atomic E-state index is 11.5. The predicted molar refractivity (Wildman–Crippen MR) is 62.7 cm³/mol. The van der Waals surface area contributed by atoms with Gasteiger partial charge in [0.2, 0.25) is 7.37 Å². The van der Waals surface area contributed by atoms with Crippen molar-refractivity contribution in [2.75, 3.05) is 5.90 Å². The van der Waals surface area contributed by atoms with E-state index < -0.39 is 26.2 Å². The van der Waals surface area contributed by atoms with Gasteiger partial charge in [0.15, 0.2) is 8.03 Å². The van der Waals surface area contributed by atoms with E-state index >= 15 is 0 Å². The van der Waals surface area contributed by atoms with Gasteiger partial charge in [-0.1, -0.05) is 12.1 Å². The lowest BCUT2D eigenvalue weighted by Crippen LogP contribution is -1.92. The summed E-state index contributed by atoms with van der Waals surface area (Å²) in [7, 11) is -6.70.